The van der Waals surface area contributed by atoms with Gasteiger partial charge in [0, 0.05) is 44.3 Å². The highest BCUT2D eigenvalue weighted by atomic mass is 35.5. The Kier molecular flexibility index (Phi) is 25.0. The molecular weight excluding hydrogens is 501 g/mol. The molecular formula is C30H45ClN3O2P. The third kappa shape index (κ3) is 16.1. The van der Waals surface area contributed by atoms with Gasteiger partial charge in [0.15, 0.2) is 6.29 Å². The number of nitrogens with zero attached hydrogens (tertiary/aromatic N) is 2. The fourth-order valence-electron chi connectivity index (χ4n) is 3.35. The number of allylic oxidation sites excluding steroid dienone is 2. The quantitative estimate of drug-likeness (QED) is 0.172. The predicted molar refractivity (Wildman–Crippen MR) is 167 cm³/mol. The number of rotatable bonds is 7. The maximum Gasteiger partial charge on any atom is 0.207 e. The molecule has 3 rings (SSSR count). The van der Waals surface area contributed by atoms with Gasteiger partial charge in [0.05, 0.1) is 5.88 Å². The van der Waals surface area contributed by atoms with Gasteiger partial charge in [-0.05, 0) is 29.5 Å². The number of nitrogens with one attached hydrogen (secondary N) is 1. The molecule has 0 bridgehead atoms. The van der Waals surface area contributed by atoms with Crippen LogP contribution in [0.25, 0.3) is 10.8 Å². The molecule has 1 amide bonds. The zero-order valence-electron chi connectivity index (χ0n) is 23.0. The lowest BCUT2D eigenvalue weighted by atomic mass is 10.1. The Balaban J connectivity index is 0. The number of carbonyl (C=O) groups excluding carboxylic acids is 2. The summed E-state index contributed by atoms with van der Waals surface area (Å²) in [5.41, 5.74) is 0.752. The number of piperazine rings is 1. The molecule has 7 heteroatoms. The third-order valence-corrected chi connectivity index (χ3v) is 5.98. The molecule has 5 nitrogen and oxygen atoms in total. The minimum atomic E-state index is 0.319. The number of fused-ring (bicyclic) bond motifs is 1. The average molecular weight is 546 g/mol. The number of hydrogen-bond acceptors (Lipinski definition) is 4. The number of amides is 1. The molecule has 0 radical (unpaired) electrons. The maximum absolute atomic E-state index is 10.7. The largest absolute Gasteiger partial charge is 0.357 e. The molecule has 0 saturated carbocycles. The fraction of sp³-hybridized carbons (Fsp3) is 0.400. The van der Waals surface area contributed by atoms with Crippen molar-refractivity contribution in [2.24, 2.45) is 0 Å². The lowest BCUT2D eigenvalue weighted by Gasteiger charge is -2.37. The highest BCUT2D eigenvalue weighted by Gasteiger charge is 2.20. The lowest BCUT2D eigenvalue weighted by Crippen LogP contribution is -2.51. The summed E-state index contributed by atoms with van der Waals surface area (Å²) in [5.74, 6) is 2.52. The van der Waals surface area contributed by atoms with Crippen molar-refractivity contribution in [3.05, 3.63) is 67.3 Å². The molecule has 2 aromatic carbocycles. The van der Waals surface area contributed by atoms with Crippen molar-refractivity contribution < 1.29 is 9.59 Å². The van der Waals surface area contributed by atoms with E-state index in [0.717, 1.165) is 73.5 Å². The van der Waals surface area contributed by atoms with Crippen LogP contribution >= 0.6 is 20.8 Å². The highest BCUT2D eigenvalue weighted by Crippen LogP contribution is 2.16. The van der Waals surface area contributed by atoms with E-state index in [2.05, 4.69) is 63.8 Å². The summed E-state index contributed by atoms with van der Waals surface area (Å²) in [6.07, 6.45) is 10.7. The topological polar surface area (TPSA) is 52.7 Å². The van der Waals surface area contributed by atoms with E-state index >= 15 is 0 Å². The van der Waals surface area contributed by atoms with Crippen LogP contribution in [0.15, 0.2) is 61.7 Å². The Morgan fingerprint density at radius 2 is 1.62 bits per heavy atom. The number of benzene rings is 2. The molecule has 2 unspecified atom stereocenters. The molecule has 1 N–H and O–H groups in total. The molecule has 1 aliphatic heterocycles. The van der Waals surface area contributed by atoms with E-state index in [1.807, 2.05) is 50.2 Å². The first-order valence-electron chi connectivity index (χ1n) is 12.5. The van der Waals surface area contributed by atoms with E-state index in [4.69, 9.17) is 11.6 Å². The van der Waals surface area contributed by atoms with Crippen molar-refractivity contribution in [1.82, 2.24) is 15.1 Å². The van der Waals surface area contributed by atoms with Gasteiger partial charge in [-0.25, -0.2) is 0 Å². The zero-order valence-corrected chi connectivity index (χ0v) is 24.9. The van der Waals surface area contributed by atoms with Crippen molar-refractivity contribution >= 4 is 49.6 Å². The molecule has 204 valence electrons. The standard InChI is InChI=1S/C11H9OP.C10H21N3O.C4H6.C3H3Cl.C2H6/c12-7-8-5-6-11(13)10-4-2-1-3-9(8)10;1-3-10(8-11-9-14)13-6-4-12(2)5-7-13;1-3-4-2;1-2-3-4;1-2/h1-7H,13H2;9-10H,3-8H2,1-2H3,(H,11,14);3-4H,1-2H2;1H,3H2;1-2H3. The minimum Gasteiger partial charge on any atom is -0.357 e. The number of carbonyl (C=O) groups is 2. The molecule has 1 aliphatic rings. The second kappa shape index (κ2) is 25.2. The Hall–Kier alpha value is -2.48. The molecule has 1 saturated heterocycles. The van der Waals surface area contributed by atoms with Gasteiger partial charge in [0.25, 0.3) is 0 Å². The van der Waals surface area contributed by atoms with E-state index in [0.29, 0.717) is 11.9 Å². The molecule has 2 aromatic rings. The summed E-state index contributed by atoms with van der Waals surface area (Å²) in [6, 6.07) is 12.2. The number of hydrogen-bond donors (Lipinski definition) is 1. The van der Waals surface area contributed by atoms with Crippen LogP contribution in [0.4, 0.5) is 0 Å². The summed E-state index contributed by atoms with van der Waals surface area (Å²) in [4.78, 5) is 25.8. The van der Waals surface area contributed by atoms with Crippen molar-refractivity contribution in [1.29, 1.82) is 0 Å². The van der Waals surface area contributed by atoms with E-state index in [1.165, 1.54) is 0 Å². The molecule has 0 spiro atoms. The van der Waals surface area contributed by atoms with E-state index in [1.54, 1.807) is 12.2 Å². The smallest absolute Gasteiger partial charge is 0.207 e. The molecule has 37 heavy (non-hydrogen) atoms. The number of halogens is 1. The summed E-state index contributed by atoms with van der Waals surface area (Å²) in [5, 5.41) is 6.04. The molecule has 0 aliphatic carbocycles. The predicted octanol–water partition coefficient (Wildman–Crippen LogP) is 5.15. The van der Waals surface area contributed by atoms with Crippen molar-refractivity contribution in [2.45, 2.75) is 33.2 Å². The van der Waals surface area contributed by atoms with E-state index in [9.17, 15) is 9.59 Å². The van der Waals surface area contributed by atoms with Gasteiger partial charge in [-0.15, -0.1) is 27.3 Å². The van der Waals surface area contributed by atoms with Gasteiger partial charge in [0.1, 0.15) is 0 Å². The zero-order chi connectivity index (χ0) is 28.5. The summed E-state index contributed by atoms with van der Waals surface area (Å²) < 4.78 is 0. The first-order valence-corrected chi connectivity index (χ1v) is 13.6. The van der Waals surface area contributed by atoms with E-state index in [-0.39, 0.29) is 0 Å². The summed E-state index contributed by atoms with van der Waals surface area (Å²) >= 11 is 4.95. The van der Waals surface area contributed by atoms with Gasteiger partial charge in [-0.1, -0.05) is 88.4 Å². The first kappa shape index (κ1) is 36.7. The van der Waals surface area contributed by atoms with Crippen LogP contribution in [0.1, 0.15) is 37.6 Å². The molecule has 0 aromatic heterocycles. The van der Waals surface area contributed by atoms with Crippen molar-refractivity contribution in [3.8, 4) is 12.3 Å². The minimum absolute atomic E-state index is 0.319. The molecule has 1 fully saturated rings. The normalized spacial score (nSPS) is 13.1. The number of terminal acetylenes is 1. The Morgan fingerprint density at radius 3 is 2.05 bits per heavy atom. The third-order valence-electron chi connectivity index (χ3n) is 5.32. The molecule has 1 heterocycles. The van der Waals surface area contributed by atoms with Gasteiger partial charge < -0.3 is 10.2 Å². The monoisotopic (exact) mass is 545 g/mol. The average Bonchev–Trinajstić information content (AvgIpc) is 2.96. The number of alkyl halides is 1. The number of aldehydes is 1. The fourth-order valence-corrected chi connectivity index (χ4v) is 3.70. The second-order valence-electron chi connectivity index (χ2n) is 7.64. The van der Waals surface area contributed by atoms with Gasteiger partial charge in [0.2, 0.25) is 6.41 Å². The first-order chi connectivity index (χ1) is 17.9. The second-order valence-corrected chi connectivity index (χ2v) is 8.53. The van der Waals surface area contributed by atoms with Gasteiger partial charge in [-0.2, -0.15) is 0 Å². The van der Waals surface area contributed by atoms with Crippen LogP contribution in [0, 0.1) is 12.3 Å². The Morgan fingerprint density at radius 1 is 1.08 bits per heavy atom. The highest BCUT2D eigenvalue weighted by molar-refractivity contribution is 7.28. The van der Waals surface area contributed by atoms with Crippen LogP contribution in [0.2, 0.25) is 0 Å². The maximum atomic E-state index is 10.7. The van der Waals surface area contributed by atoms with Crippen LogP contribution in [0.3, 0.4) is 0 Å². The lowest BCUT2D eigenvalue weighted by molar-refractivity contribution is -0.109. The van der Waals surface area contributed by atoms with Gasteiger partial charge in [-0.3, -0.25) is 14.5 Å². The summed E-state index contributed by atoms with van der Waals surface area (Å²) in [7, 11) is 4.83. The van der Waals surface area contributed by atoms with Gasteiger partial charge >= 0.3 is 0 Å². The SMILES string of the molecule is C#CCCl.C=CC=C.CC.CCC(CNC=O)N1CCN(C)CC1.O=Cc1ccc(P)c2ccccc12. The number of likely N-dealkylation sites (N-methyl/N-ethyl adjacent to an activating group) is 1. The van der Waals surface area contributed by atoms with Crippen LogP contribution in [0.5, 0.6) is 0 Å². The van der Waals surface area contributed by atoms with Crippen LogP contribution < -0.4 is 10.6 Å². The van der Waals surface area contributed by atoms with Crippen molar-refractivity contribution in [3.63, 3.8) is 0 Å². The summed E-state index contributed by atoms with van der Waals surface area (Å²) in [6.45, 7) is 18.2. The Bertz CT molecular complexity index is 932. The van der Waals surface area contributed by atoms with E-state index < -0.39 is 0 Å². The molecule has 2 atom stereocenters. The van der Waals surface area contributed by atoms with Crippen LogP contribution in [-0.4, -0.2) is 74.2 Å². The van der Waals surface area contributed by atoms with Crippen molar-refractivity contribution in [2.75, 3.05) is 45.7 Å². The Labute approximate surface area is 232 Å². The van der Waals surface area contributed by atoms with Crippen LogP contribution in [-0.2, 0) is 4.79 Å².